The van der Waals surface area contributed by atoms with Crippen LogP contribution in [0.15, 0.2) is 75.6 Å². The van der Waals surface area contributed by atoms with Crippen LogP contribution in [0.1, 0.15) is 41.5 Å². The maximum absolute atomic E-state index is 12.3. The molecule has 0 aliphatic heterocycles. The highest BCUT2D eigenvalue weighted by atomic mass is 32.2. The van der Waals surface area contributed by atoms with Gasteiger partial charge < -0.3 is 14.3 Å². The SMILES string of the molecule is C=C(C)C(=O)OCCOC(=O)c1ccc(Sc2ccc(C(=O)/C(C)=N/OC(C)=O)cc2)cc1. The number of carbonyl (C=O) groups excluding carboxylic acids is 4. The summed E-state index contributed by atoms with van der Waals surface area (Å²) >= 11 is 1.45. The largest absolute Gasteiger partial charge is 0.459 e. The number of ketones is 1. The summed E-state index contributed by atoms with van der Waals surface area (Å²) in [6.07, 6.45) is 0. The van der Waals surface area contributed by atoms with E-state index in [-0.39, 0.29) is 30.3 Å². The summed E-state index contributed by atoms with van der Waals surface area (Å²) < 4.78 is 9.95. The Bertz CT molecular complexity index is 1070. The molecule has 0 heterocycles. The van der Waals surface area contributed by atoms with Crippen molar-refractivity contribution in [3.8, 4) is 0 Å². The number of nitrogens with zero attached hydrogens (tertiary/aromatic N) is 1. The molecule has 2 aromatic carbocycles. The summed E-state index contributed by atoms with van der Waals surface area (Å²) in [4.78, 5) is 52.7. The van der Waals surface area contributed by atoms with Crippen LogP contribution in [0, 0.1) is 0 Å². The maximum Gasteiger partial charge on any atom is 0.338 e. The Morgan fingerprint density at radius 3 is 1.85 bits per heavy atom. The van der Waals surface area contributed by atoms with Crippen LogP contribution in [0.4, 0.5) is 0 Å². The van der Waals surface area contributed by atoms with Crippen molar-refractivity contribution in [2.75, 3.05) is 13.2 Å². The second kappa shape index (κ2) is 12.4. The zero-order chi connectivity index (χ0) is 24.4. The maximum atomic E-state index is 12.3. The van der Waals surface area contributed by atoms with Crippen molar-refractivity contribution < 1.29 is 33.5 Å². The molecule has 2 rings (SSSR count). The second-order valence-electron chi connectivity index (χ2n) is 6.79. The molecule has 2 aromatic rings. The van der Waals surface area contributed by atoms with Crippen molar-refractivity contribution in [2.45, 2.75) is 30.6 Å². The predicted molar refractivity (Wildman–Crippen MR) is 122 cm³/mol. The molecule has 0 atom stereocenters. The lowest BCUT2D eigenvalue weighted by Crippen LogP contribution is -2.14. The number of benzene rings is 2. The first-order valence-corrected chi connectivity index (χ1v) is 10.6. The van der Waals surface area contributed by atoms with Gasteiger partial charge in [-0.15, -0.1) is 0 Å². The molecule has 9 heteroatoms. The quantitative estimate of drug-likeness (QED) is 0.0967. The summed E-state index contributed by atoms with van der Waals surface area (Å²) in [7, 11) is 0. The molecule has 0 aliphatic carbocycles. The molecule has 172 valence electrons. The molecule has 0 aliphatic rings. The van der Waals surface area contributed by atoms with Crippen molar-refractivity contribution in [3.63, 3.8) is 0 Å². The Balaban J connectivity index is 1.89. The van der Waals surface area contributed by atoms with Crippen LogP contribution >= 0.6 is 11.8 Å². The van der Waals surface area contributed by atoms with E-state index in [1.54, 1.807) is 48.5 Å². The van der Waals surface area contributed by atoms with Crippen LogP contribution in [0.3, 0.4) is 0 Å². The number of carbonyl (C=O) groups is 4. The zero-order valence-corrected chi connectivity index (χ0v) is 19.3. The van der Waals surface area contributed by atoms with Crippen LogP contribution in [0.5, 0.6) is 0 Å². The first kappa shape index (κ1) is 25.5. The van der Waals surface area contributed by atoms with Crippen molar-refractivity contribution in [3.05, 3.63) is 71.8 Å². The minimum atomic E-state index is -0.600. The fraction of sp³-hybridized carbons (Fsp3) is 0.208. The molecule has 0 saturated heterocycles. The first-order valence-electron chi connectivity index (χ1n) is 9.82. The van der Waals surface area contributed by atoms with Crippen molar-refractivity contribution in [2.24, 2.45) is 5.16 Å². The highest BCUT2D eigenvalue weighted by Crippen LogP contribution is 2.28. The summed E-state index contributed by atoms with van der Waals surface area (Å²) in [6, 6.07) is 13.7. The second-order valence-corrected chi connectivity index (χ2v) is 7.94. The topological polar surface area (TPSA) is 108 Å². The third-order valence-electron chi connectivity index (χ3n) is 3.98. The Morgan fingerprint density at radius 2 is 1.33 bits per heavy atom. The molecule has 0 N–H and O–H groups in total. The van der Waals surface area contributed by atoms with E-state index in [4.69, 9.17) is 9.47 Å². The van der Waals surface area contributed by atoms with Crippen molar-refractivity contribution in [1.29, 1.82) is 0 Å². The number of esters is 2. The van der Waals surface area contributed by atoms with Crippen LogP contribution in [0.2, 0.25) is 0 Å². The molecule has 0 bridgehead atoms. The molecule has 0 saturated carbocycles. The number of ether oxygens (including phenoxy) is 2. The minimum absolute atomic E-state index is 0.0427. The lowest BCUT2D eigenvalue weighted by atomic mass is 10.1. The lowest BCUT2D eigenvalue weighted by Gasteiger charge is -2.07. The molecule has 0 spiro atoms. The Labute approximate surface area is 195 Å². The fourth-order valence-electron chi connectivity index (χ4n) is 2.33. The van der Waals surface area contributed by atoms with Gasteiger partial charge in [-0.25, -0.2) is 14.4 Å². The molecule has 0 aromatic heterocycles. The Morgan fingerprint density at radius 1 is 0.818 bits per heavy atom. The molecule has 33 heavy (non-hydrogen) atoms. The van der Waals surface area contributed by atoms with E-state index in [1.807, 2.05) is 0 Å². The van der Waals surface area contributed by atoms with Gasteiger partial charge in [0, 0.05) is 27.9 Å². The van der Waals surface area contributed by atoms with Crippen LogP contribution < -0.4 is 0 Å². The molecule has 0 amide bonds. The van der Waals surface area contributed by atoms with Gasteiger partial charge in [-0.3, -0.25) is 4.79 Å². The molecular formula is C24H23NO7S. The van der Waals surface area contributed by atoms with Gasteiger partial charge in [0.15, 0.2) is 0 Å². The zero-order valence-electron chi connectivity index (χ0n) is 18.5. The standard InChI is InChI=1S/C24H23NO7S/c1-15(2)23(28)30-13-14-31-24(29)19-7-11-21(12-8-19)33-20-9-5-18(6-10-20)22(27)16(3)25-32-17(4)26/h5-12H,1,13-14H2,2-4H3/b25-16+. The summed E-state index contributed by atoms with van der Waals surface area (Å²) in [5.41, 5.74) is 1.13. The van der Waals surface area contributed by atoms with Crippen molar-refractivity contribution >= 4 is 41.2 Å². The first-order chi connectivity index (χ1) is 15.7. The third-order valence-corrected chi connectivity index (χ3v) is 5.00. The van der Waals surface area contributed by atoms with Gasteiger partial charge in [0.1, 0.15) is 18.9 Å². The number of hydrogen-bond donors (Lipinski definition) is 0. The van der Waals surface area contributed by atoms with Crippen LogP contribution in [0.25, 0.3) is 0 Å². The van der Waals surface area contributed by atoms with E-state index in [0.717, 1.165) is 9.79 Å². The smallest absolute Gasteiger partial charge is 0.338 e. The van der Waals surface area contributed by atoms with E-state index in [0.29, 0.717) is 11.1 Å². The van der Waals surface area contributed by atoms with Gasteiger partial charge in [0.25, 0.3) is 0 Å². The van der Waals surface area contributed by atoms with E-state index < -0.39 is 17.9 Å². The Kier molecular flexibility index (Phi) is 9.56. The van der Waals surface area contributed by atoms with E-state index in [1.165, 1.54) is 32.5 Å². The number of rotatable bonds is 10. The molecule has 8 nitrogen and oxygen atoms in total. The summed E-state index contributed by atoms with van der Waals surface area (Å²) in [6.45, 7) is 7.58. The van der Waals surface area contributed by atoms with E-state index >= 15 is 0 Å². The van der Waals surface area contributed by atoms with Crippen molar-refractivity contribution in [1.82, 2.24) is 0 Å². The average molecular weight is 470 g/mol. The molecule has 0 unspecified atom stereocenters. The number of oxime groups is 1. The van der Waals surface area contributed by atoms with Crippen LogP contribution in [-0.2, 0) is 23.9 Å². The van der Waals surface area contributed by atoms with Crippen LogP contribution in [-0.4, -0.2) is 42.6 Å². The minimum Gasteiger partial charge on any atom is -0.459 e. The normalized spacial score (nSPS) is 10.8. The van der Waals surface area contributed by atoms with Gasteiger partial charge in [0.05, 0.1) is 5.56 Å². The highest BCUT2D eigenvalue weighted by Gasteiger charge is 2.12. The average Bonchev–Trinajstić information content (AvgIpc) is 2.80. The van der Waals surface area contributed by atoms with Gasteiger partial charge in [-0.1, -0.05) is 23.5 Å². The number of hydrogen-bond acceptors (Lipinski definition) is 9. The predicted octanol–water partition coefficient (Wildman–Crippen LogP) is 4.24. The van der Waals surface area contributed by atoms with Gasteiger partial charge in [0.2, 0.25) is 5.78 Å². The fourth-order valence-corrected chi connectivity index (χ4v) is 3.14. The van der Waals surface area contributed by atoms with Gasteiger partial charge >= 0.3 is 17.9 Å². The summed E-state index contributed by atoms with van der Waals surface area (Å²) in [5.74, 6) is -2.00. The number of Topliss-reactive ketones (excluding diaryl/α,β-unsaturated/α-hetero) is 1. The van der Waals surface area contributed by atoms with Gasteiger partial charge in [-0.2, -0.15) is 0 Å². The van der Waals surface area contributed by atoms with E-state index in [2.05, 4.69) is 16.6 Å². The molecule has 0 fully saturated rings. The molecule has 0 radical (unpaired) electrons. The Hall–Kier alpha value is -3.72. The monoisotopic (exact) mass is 469 g/mol. The third kappa shape index (κ3) is 8.38. The highest BCUT2D eigenvalue weighted by molar-refractivity contribution is 7.99. The van der Waals surface area contributed by atoms with E-state index in [9.17, 15) is 19.2 Å². The van der Waals surface area contributed by atoms with Gasteiger partial charge in [-0.05, 0) is 62.4 Å². The lowest BCUT2D eigenvalue weighted by molar-refractivity contribution is -0.141. The molecular weight excluding hydrogens is 446 g/mol. The summed E-state index contributed by atoms with van der Waals surface area (Å²) in [5, 5.41) is 3.50.